The van der Waals surface area contributed by atoms with Gasteiger partial charge >= 0.3 is 0 Å². The van der Waals surface area contributed by atoms with E-state index in [9.17, 15) is 0 Å². The van der Waals surface area contributed by atoms with Crippen LogP contribution < -0.4 is 0 Å². The number of fused-ring (bicyclic) bond motifs is 2. The van der Waals surface area contributed by atoms with Gasteiger partial charge in [-0.25, -0.2) is 0 Å². The summed E-state index contributed by atoms with van der Waals surface area (Å²) in [5.74, 6) is 5.98. The maximum Gasteiger partial charge on any atom is 0.0887 e. The van der Waals surface area contributed by atoms with Crippen molar-refractivity contribution in [3.8, 4) is 0 Å². The van der Waals surface area contributed by atoms with Crippen LogP contribution in [-0.2, 0) is 0 Å². The molecule has 0 aromatic heterocycles. The van der Waals surface area contributed by atoms with Gasteiger partial charge in [0.15, 0.2) is 0 Å². The molecule has 4 heteroatoms. The molecule has 8 bridgehead atoms. The van der Waals surface area contributed by atoms with E-state index in [-0.39, 0.29) is 0 Å². The second-order valence-corrected chi connectivity index (χ2v) is 13.5. The number of hydrogen-bond donors (Lipinski definition) is 0. The van der Waals surface area contributed by atoms with Crippen LogP contribution in [0.25, 0.3) is 0 Å². The van der Waals surface area contributed by atoms with Crippen LogP contribution in [0.3, 0.4) is 0 Å². The first-order valence-corrected chi connectivity index (χ1v) is 13.5. The van der Waals surface area contributed by atoms with Crippen LogP contribution in [0, 0.1) is 71.0 Å². The lowest BCUT2D eigenvalue weighted by molar-refractivity contribution is -0.146. The lowest BCUT2D eigenvalue weighted by Crippen LogP contribution is -2.76. The fraction of sp³-hybridized carbons (Fsp3) is 0.692. The monoisotopic (exact) mass is 478 g/mol. The fourth-order valence-electron chi connectivity index (χ4n) is 10.5. The largest absolute Gasteiger partial charge is 0.112 e. The van der Waals surface area contributed by atoms with Crippen molar-refractivity contribution in [2.24, 2.45) is 71.0 Å². The SMILES string of the molecule is ClC1=C(Cl)[C@]2(Cl)[C@H]3[C@@H]4C=C[C@@H]([C@H]5[C@@H]4[C@H]4C=C[C@@H]5CC4)[C@@H]3[C@@]1(Cl)[C@H]1[C@H]2[C@H]2C=C[C@@H]1CC2. The molecule has 0 aromatic rings. The number of halogens is 4. The highest BCUT2D eigenvalue weighted by Gasteiger charge is 2.79. The van der Waals surface area contributed by atoms with Crippen molar-refractivity contribution in [2.75, 3.05) is 0 Å². The molecule has 0 radical (unpaired) electrons. The summed E-state index contributed by atoms with van der Waals surface area (Å²) in [5.41, 5.74) is 0. The second kappa shape index (κ2) is 5.60. The van der Waals surface area contributed by atoms with Crippen LogP contribution in [0.5, 0.6) is 0 Å². The van der Waals surface area contributed by atoms with E-state index in [1.54, 1.807) is 0 Å². The summed E-state index contributed by atoms with van der Waals surface area (Å²) in [6.45, 7) is 0. The van der Waals surface area contributed by atoms with E-state index in [1.807, 2.05) is 0 Å². The van der Waals surface area contributed by atoms with Gasteiger partial charge in [-0.2, -0.15) is 0 Å². The van der Waals surface area contributed by atoms with E-state index in [0.29, 0.717) is 81.1 Å². The molecule has 0 unspecified atom stereocenters. The zero-order valence-electron chi connectivity index (χ0n) is 16.7. The minimum atomic E-state index is -0.558. The van der Waals surface area contributed by atoms with Gasteiger partial charge in [-0.3, -0.25) is 0 Å². The third kappa shape index (κ3) is 1.74. The van der Waals surface area contributed by atoms with E-state index in [4.69, 9.17) is 46.4 Å². The standard InChI is InChI=1S/C26H26Cl4/c27-23-24(28)26(30)20-14-7-5-13(6-8-14)19(20)25(23,29)21-15-9-10-16(22(21)26)18-12-2-1-11(3-4-12)17(15)18/h1-2,5,7,9-22H,3-4,6,8H2/t11-,12+,13-,14+,15+,16-,17+,18-,19-,20-,21+,22+,25+,26-/m1/s1. The van der Waals surface area contributed by atoms with Crippen LogP contribution in [-0.4, -0.2) is 9.75 Å². The maximum absolute atomic E-state index is 7.85. The molecule has 0 spiro atoms. The molecule has 0 amide bonds. The molecule has 0 aliphatic heterocycles. The van der Waals surface area contributed by atoms with Crippen molar-refractivity contribution < 1.29 is 0 Å². The van der Waals surface area contributed by atoms with Crippen molar-refractivity contribution in [3.05, 3.63) is 46.5 Å². The zero-order chi connectivity index (χ0) is 20.2. The molecule has 14 atom stereocenters. The van der Waals surface area contributed by atoms with Crippen molar-refractivity contribution in [3.63, 3.8) is 0 Å². The summed E-state index contributed by atoms with van der Waals surface area (Å²) >= 11 is 30.0. The minimum Gasteiger partial charge on any atom is -0.112 e. The molecule has 12 aliphatic carbocycles. The van der Waals surface area contributed by atoms with Crippen LogP contribution in [0.1, 0.15) is 25.7 Å². The summed E-state index contributed by atoms with van der Waals surface area (Å²) < 4.78 is 0. The van der Waals surface area contributed by atoms with Crippen molar-refractivity contribution in [1.29, 1.82) is 0 Å². The maximum atomic E-state index is 7.85. The molecular weight excluding hydrogens is 454 g/mol. The molecule has 0 N–H and O–H groups in total. The minimum absolute atomic E-state index is 0.310. The Labute approximate surface area is 198 Å². The highest BCUT2D eigenvalue weighted by atomic mass is 35.5. The number of rotatable bonds is 0. The third-order valence-electron chi connectivity index (χ3n) is 11.1. The molecule has 0 aromatic carbocycles. The molecule has 0 heterocycles. The van der Waals surface area contributed by atoms with Gasteiger partial charge in [0.1, 0.15) is 0 Å². The van der Waals surface area contributed by atoms with Crippen molar-refractivity contribution in [2.45, 2.75) is 35.4 Å². The lowest BCUT2D eigenvalue weighted by atomic mass is 9.33. The molecule has 0 saturated heterocycles. The molecule has 4 fully saturated rings. The van der Waals surface area contributed by atoms with Crippen molar-refractivity contribution >= 4 is 46.4 Å². The Morgan fingerprint density at radius 2 is 0.900 bits per heavy atom. The summed E-state index contributed by atoms with van der Waals surface area (Å²) in [5, 5.41) is 1.39. The van der Waals surface area contributed by atoms with Crippen LogP contribution >= 0.6 is 46.4 Å². The number of allylic oxidation sites excluding steroid dienone is 8. The molecule has 158 valence electrons. The molecule has 12 rings (SSSR count). The van der Waals surface area contributed by atoms with Gasteiger partial charge < -0.3 is 0 Å². The van der Waals surface area contributed by atoms with E-state index >= 15 is 0 Å². The van der Waals surface area contributed by atoms with Crippen LogP contribution in [0.2, 0.25) is 0 Å². The summed E-state index contributed by atoms with van der Waals surface area (Å²) in [7, 11) is 0. The van der Waals surface area contributed by atoms with Gasteiger partial charge in [-0.1, -0.05) is 59.7 Å². The quantitative estimate of drug-likeness (QED) is 0.251. The highest BCUT2D eigenvalue weighted by molar-refractivity contribution is 6.49. The van der Waals surface area contributed by atoms with E-state index in [0.717, 1.165) is 0 Å². The summed E-state index contributed by atoms with van der Waals surface area (Å²) in [4.78, 5) is -1.12. The Hall–Kier alpha value is 0.120. The normalized spacial score (nSPS) is 65.2. The smallest absolute Gasteiger partial charge is 0.0887 e. The van der Waals surface area contributed by atoms with Crippen LogP contribution in [0.4, 0.5) is 0 Å². The van der Waals surface area contributed by atoms with Gasteiger partial charge in [0.05, 0.1) is 19.8 Å². The van der Waals surface area contributed by atoms with Gasteiger partial charge in [0.25, 0.3) is 0 Å². The first kappa shape index (κ1) is 18.5. The van der Waals surface area contributed by atoms with E-state index < -0.39 is 9.75 Å². The Bertz CT molecular complexity index is 904. The molecule has 4 saturated carbocycles. The Morgan fingerprint density at radius 1 is 0.533 bits per heavy atom. The topological polar surface area (TPSA) is 0 Å². The average molecular weight is 480 g/mol. The van der Waals surface area contributed by atoms with Gasteiger partial charge in [0, 0.05) is 0 Å². The molecule has 12 aliphatic rings. The fourth-order valence-corrected chi connectivity index (χ4v) is 12.7. The lowest BCUT2D eigenvalue weighted by Gasteiger charge is -2.75. The first-order chi connectivity index (χ1) is 14.5. The predicted molar refractivity (Wildman–Crippen MR) is 124 cm³/mol. The molecular formula is C26H26Cl4. The average Bonchev–Trinajstić information content (AvgIpc) is 2.81. The zero-order valence-corrected chi connectivity index (χ0v) is 19.8. The van der Waals surface area contributed by atoms with E-state index in [2.05, 4.69) is 36.5 Å². The van der Waals surface area contributed by atoms with Crippen molar-refractivity contribution in [1.82, 2.24) is 0 Å². The second-order valence-electron chi connectivity index (χ2n) is 11.5. The van der Waals surface area contributed by atoms with Gasteiger partial charge in [0.2, 0.25) is 0 Å². The highest BCUT2D eigenvalue weighted by Crippen LogP contribution is 2.80. The third-order valence-corrected chi connectivity index (χ3v) is 13.8. The number of hydrogen-bond acceptors (Lipinski definition) is 0. The molecule has 0 nitrogen and oxygen atoms in total. The van der Waals surface area contributed by atoms with Gasteiger partial charge in [-0.15, -0.1) is 23.2 Å². The molecule has 30 heavy (non-hydrogen) atoms. The summed E-state index contributed by atoms with van der Waals surface area (Å²) in [6.07, 6.45) is 20.1. The Kier molecular flexibility index (Phi) is 3.46. The Morgan fingerprint density at radius 3 is 1.27 bits per heavy atom. The predicted octanol–water partition coefficient (Wildman–Crippen LogP) is 7.36. The van der Waals surface area contributed by atoms with Gasteiger partial charge in [-0.05, 0) is 96.7 Å². The first-order valence-electron chi connectivity index (χ1n) is 12.0. The van der Waals surface area contributed by atoms with E-state index in [1.165, 1.54) is 25.7 Å². The summed E-state index contributed by atoms with van der Waals surface area (Å²) in [6, 6.07) is 0. The number of alkyl halides is 2. The Balaban J connectivity index is 1.39. The van der Waals surface area contributed by atoms with Crippen LogP contribution in [0.15, 0.2) is 46.5 Å².